The Balaban J connectivity index is 1.33. The summed E-state index contributed by atoms with van der Waals surface area (Å²) in [4.78, 5) is 32.1. The van der Waals surface area contributed by atoms with E-state index in [0.29, 0.717) is 6.42 Å². The summed E-state index contributed by atoms with van der Waals surface area (Å²) in [6, 6.07) is 8.15. The molecule has 0 atom stereocenters. The van der Waals surface area contributed by atoms with Gasteiger partial charge in [-0.25, -0.2) is 9.97 Å². The number of piperazine rings is 1. The van der Waals surface area contributed by atoms with E-state index in [0.717, 1.165) is 81.1 Å². The van der Waals surface area contributed by atoms with E-state index in [-0.39, 0.29) is 5.91 Å². The Kier molecular flexibility index (Phi) is 6.81. The molecular formula is C26H33N5O2S. The van der Waals surface area contributed by atoms with Gasteiger partial charge in [-0.1, -0.05) is 24.3 Å². The van der Waals surface area contributed by atoms with E-state index in [2.05, 4.69) is 42.7 Å². The van der Waals surface area contributed by atoms with Gasteiger partial charge < -0.3 is 14.5 Å². The maximum Gasteiger partial charge on any atom is 0.227 e. The first-order chi connectivity index (χ1) is 16.5. The first-order valence-corrected chi connectivity index (χ1v) is 12.9. The monoisotopic (exact) mass is 479 g/mol. The number of benzene rings is 1. The largest absolute Gasteiger partial charge is 0.379 e. The third kappa shape index (κ3) is 4.80. The Morgan fingerprint density at radius 2 is 1.74 bits per heavy atom. The first-order valence-electron chi connectivity index (χ1n) is 12.1. The van der Waals surface area contributed by atoms with Crippen molar-refractivity contribution in [2.75, 3.05) is 57.4 Å². The van der Waals surface area contributed by atoms with E-state index < -0.39 is 0 Å². The van der Waals surface area contributed by atoms with Gasteiger partial charge in [-0.05, 0) is 37.5 Å². The predicted molar refractivity (Wildman–Crippen MR) is 137 cm³/mol. The molecular weight excluding hydrogens is 446 g/mol. The van der Waals surface area contributed by atoms with Crippen molar-refractivity contribution in [1.82, 2.24) is 19.8 Å². The molecule has 0 spiro atoms. The van der Waals surface area contributed by atoms with Gasteiger partial charge in [0.05, 0.1) is 31.6 Å². The van der Waals surface area contributed by atoms with Crippen molar-refractivity contribution in [3.8, 4) is 0 Å². The zero-order valence-electron chi connectivity index (χ0n) is 20.3. The molecule has 180 valence electrons. The van der Waals surface area contributed by atoms with Crippen LogP contribution in [0.4, 0.5) is 5.82 Å². The Bertz CT molecular complexity index is 1180. The average Bonchev–Trinajstić information content (AvgIpc) is 3.14. The highest BCUT2D eigenvalue weighted by Gasteiger charge is 2.26. The maximum atomic E-state index is 13.0. The average molecular weight is 480 g/mol. The van der Waals surface area contributed by atoms with Gasteiger partial charge in [0.25, 0.3) is 0 Å². The Morgan fingerprint density at radius 1 is 1.00 bits per heavy atom. The van der Waals surface area contributed by atoms with Crippen molar-refractivity contribution in [3.63, 3.8) is 0 Å². The molecule has 3 aromatic rings. The van der Waals surface area contributed by atoms with E-state index in [1.807, 2.05) is 17.0 Å². The van der Waals surface area contributed by atoms with Crippen LogP contribution in [0.1, 0.15) is 27.4 Å². The molecule has 0 radical (unpaired) electrons. The number of nitrogens with zero attached hydrogens (tertiary/aromatic N) is 5. The van der Waals surface area contributed by atoms with Crippen LogP contribution >= 0.6 is 11.3 Å². The highest BCUT2D eigenvalue weighted by molar-refractivity contribution is 7.18. The van der Waals surface area contributed by atoms with Gasteiger partial charge in [-0.15, -0.1) is 11.3 Å². The van der Waals surface area contributed by atoms with Crippen LogP contribution in [0.5, 0.6) is 0 Å². The molecule has 7 nitrogen and oxygen atoms in total. The molecule has 0 N–H and O–H groups in total. The van der Waals surface area contributed by atoms with Crippen LogP contribution in [0.25, 0.3) is 10.2 Å². The van der Waals surface area contributed by atoms with E-state index in [4.69, 9.17) is 14.7 Å². The minimum atomic E-state index is 0.206. The number of carbonyl (C=O) groups is 1. The number of thiophene rings is 1. The second kappa shape index (κ2) is 9.98. The number of ether oxygens (including phenoxy) is 1. The van der Waals surface area contributed by atoms with Crippen molar-refractivity contribution in [2.24, 2.45) is 0 Å². The van der Waals surface area contributed by atoms with Gasteiger partial charge in [-0.3, -0.25) is 9.69 Å². The molecule has 2 aromatic heterocycles. The zero-order valence-corrected chi connectivity index (χ0v) is 21.2. The molecule has 1 aromatic carbocycles. The number of fused-ring (bicyclic) bond motifs is 1. The predicted octanol–water partition coefficient (Wildman–Crippen LogP) is 3.34. The van der Waals surface area contributed by atoms with Gasteiger partial charge in [0.1, 0.15) is 16.5 Å². The van der Waals surface area contributed by atoms with Crippen LogP contribution in [-0.2, 0) is 22.5 Å². The van der Waals surface area contributed by atoms with Crippen LogP contribution in [0.15, 0.2) is 24.3 Å². The van der Waals surface area contributed by atoms with Crippen molar-refractivity contribution < 1.29 is 9.53 Å². The summed E-state index contributed by atoms with van der Waals surface area (Å²) in [7, 11) is 0. The number of rotatable bonds is 5. The normalized spacial score (nSPS) is 17.5. The number of hydrogen-bond donors (Lipinski definition) is 0. The van der Waals surface area contributed by atoms with Crippen LogP contribution in [0, 0.1) is 20.8 Å². The van der Waals surface area contributed by atoms with Gasteiger partial charge in [-0.2, -0.15) is 0 Å². The van der Waals surface area contributed by atoms with Gasteiger partial charge in [0, 0.05) is 44.1 Å². The number of carbonyl (C=O) groups excluding carboxylic acids is 1. The minimum absolute atomic E-state index is 0.206. The molecule has 1 amide bonds. The van der Waals surface area contributed by atoms with E-state index >= 15 is 0 Å². The minimum Gasteiger partial charge on any atom is -0.379 e. The summed E-state index contributed by atoms with van der Waals surface area (Å²) in [5.74, 6) is 2.11. The molecule has 0 saturated carbocycles. The number of morpholine rings is 1. The Labute approximate surface area is 205 Å². The first kappa shape index (κ1) is 23.2. The molecule has 34 heavy (non-hydrogen) atoms. The summed E-state index contributed by atoms with van der Waals surface area (Å²) in [5.41, 5.74) is 3.56. The smallest absolute Gasteiger partial charge is 0.227 e. The van der Waals surface area contributed by atoms with Crippen molar-refractivity contribution in [1.29, 1.82) is 0 Å². The molecule has 0 unspecified atom stereocenters. The third-order valence-electron chi connectivity index (χ3n) is 7.06. The van der Waals surface area contributed by atoms with Crippen LogP contribution in [0.3, 0.4) is 0 Å². The van der Waals surface area contributed by atoms with E-state index in [1.165, 1.54) is 21.4 Å². The number of anilines is 1. The van der Waals surface area contributed by atoms with Crippen molar-refractivity contribution >= 4 is 33.3 Å². The fourth-order valence-electron chi connectivity index (χ4n) is 4.78. The Hall–Kier alpha value is -2.55. The maximum absolute atomic E-state index is 13.0. The SMILES string of the molecule is Cc1ccccc1CC(=O)N1CCN(c2nc(CN3CCOCC3)nc3sc(C)c(C)c23)CC1. The summed E-state index contributed by atoms with van der Waals surface area (Å²) >= 11 is 1.76. The fraction of sp³-hybridized carbons (Fsp3) is 0.500. The summed E-state index contributed by atoms with van der Waals surface area (Å²) in [5, 5.41) is 1.17. The lowest BCUT2D eigenvalue weighted by Crippen LogP contribution is -2.49. The number of aryl methyl sites for hydroxylation is 3. The molecule has 2 fully saturated rings. The van der Waals surface area contributed by atoms with Gasteiger partial charge >= 0.3 is 0 Å². The number of amides is 1. The van der Waals surface area contributed by atoms with E-state index in [1.54, 1.807) is 11.3 Å². The highest BCUT2D eigenvalue weighted by Crippen LogP contribution is 2.35. The van der Waals surface area contributed by atoms with Gasteiger partial charge in [0.15, 0.2) is 0 Å². The molecule has 5 rings (SSSR count). The lowest BCUT2D eigenvalue weighted by molar-refractivity contribution is -0.130. The molecule has 0 bridgehead atoms. The third-order valence-corrected chi connectivity index (χ3v) is 8.16. The lowest BCUT2D eigenvalue weighted by Gasteiger charge is -2.36. The van der Waals surface area contributed by atoms with Crippen molar-refractivity contribution in [3.05, 3.63) is 51.7 Å². The molecule has 0 aliphatic carbocycles. The van der Waals surface area contributed by atoms with Crippen LogP contribution in [-0.4, -0.2) is 78.2 Å². The lowest BCUT2D eigenvalue weighted by atomic mass is 10.1. The summed E-state index contributed by atoms with van der Waals surface area (Å²) in [6.45, 7) is 13.5. The standard InChI is InChI=1S/C26H33N5O2S/c1-18-6-4-5-7-21(18)16-23(32)30-8-10-31(11-9-30)25-24-19(2)20(3)34-26(24)28-22(27-25)17-29-12-14-33-15-13-29/h4-7H,8-17H2,1-3H3. The molecule has 2 saturated heterocycles. The molecule has 4 heterocycles. The molecule has 8 heteroatoms. The quantitative estimate of drug-likeness (QED) is 0.559. The number of hydrogen-bond acceptors (Lipinski definition) is 7. The topological polar surface area (TPSA) is 61.8 Å². The highest BCUT2D eigenvalue weighted by atomic mass is 32.1. The number of aromatic nitrogens is 2. The van der Waals surface area contributed by atoms with Crippen LogP contribution < -0.4 is 4.90 Å². The van der Waals surface area contributed by atoms with Crippen molar-refractivity contribution in [2.45, 2.75) is 33.7 Å². The summed E-state index contributed by atoms with van der Waals surface area (Å²) in [6.07, 6.45) is 0.469. The zero-order chi connectivity index (χ0) is 23.7. The Morgan fingerprint density at radius 3 is 2.47 bits per heavy atom. The van der Waals surface area contributed by atoms with Crippen LogP contribution in [0.2, 0.25) is 0 Å². The second-order valence-corrected chi connectivity index (χ2v) is 10.5. The van der Waals surface area contributed by atoms with Gasteiger partial charge in [0.2, 0.25) is 5.91 Å². The summed E-state index contributed by atoms with van der Waals surface area (Å²) < 4.78 is 5.50. The fourth-order valence-corrected chi connectivity index (χ4v) is 5.82. The molecule has 2 aliphatic rings. The van der Waals surface area contributed by atoms with E-state index in [9.17, 15) is 4.79 Å². The second-order valence-electron chi connectivity index (χ2n) is 9.29. The molecule has 2 aliphatic heterocycles.